The van der Waals surface area contributed by atoms with Crippen LogP contribution in [-0.4, -0.2) is 6.04 Å². The number of nitrogens with one attached hydrogen (secondary N) is 1. The Morgan fingerprint density at radius 2 is 1.72 bits per heavy atom. The number of hydrogen-bond acceptors (Lipinski definition) is 2. The van der Waals surface area contributed by atoms with Crippen molar-refractivity contribution in [1.29, 1.82) is 0 Å². The first-order valence-corrected chi connectivity index (χ1v) is 7.02. The van der Waals surface area contributed by atoms with Crippen LogP contribution in [0.5, 0.6) is 0 Å². The maximum Gasteiger partial charge on any atom is 0.0276 e. The van der Waals surface area contributed by atoms with Crippen LogP contribution in [0.15, 0.2) is 12.1 Å². The lowest BCUT2D eigenvalue weighted by molar-refractivity contribution is 0.356. The minimum Gasteiger partial charge on any atom is -0.271 e. The summed E-state index contributed by atoms with van der Waals surface area (Å²) in [4.78, 5) is 0. The van der Waals surface area contributed by atoms with E-state index in [2.05, 4.69) is 52.2 Å². The lowest BCUT2D eigenvalue weighted by Crippen LogP contribution is -2.41. The van der Waals surface area contributed by atoms with Gasteiger partial charge >= 0.3 is 0 Å². The predicted molar refractivity (Wildman–Crippen MR) is 79.5 cm³/mol. The van der Waals surface area contributed by atoms with Gasteiger partial charge in [-0.25, -0.2) is 0 Å². The summed E-state index contributed by atoms with van der Waals surface area (Å²) in [6.45, 7) is 11.1. The first-order valence-electron chi connectivity index (χ1n) is 7.02. The monoisotopic (exact) mass is 248 g/mol. The average Bonchev–Trinajstić information content (AvgIpc) is 2.28. The van der Waals surface area contributed by atoms with Crippen molar-refractivity contribution in [2.45, 2.75) is 59.9 Å². The lowest BCUT2D eigenvalue weighted by Gasteiger charge is -2.25. The molecule has 0 bridgehead atoms. The van der Waals surface area contributed by atoms with E-state index in [0.29, 0.717) is 12.0 Å². The summed E-state index contributed by atoms with van der Waals surface area (Å²) in [5.41, 5.74) is 8.57. The van der Waals surface area contributed by atoms with E-state index in [1.807, 2.05) is 0 Å². The zero-order valence-corrected chi connectivity index (χ0v) is 12.5. The smallest absolute Gasteiger partial charge is 0.0276 e. The molecule has 0 saturated carbocycles. The maximum absolute atomic E-state index is 5.73. The van der Waals surface area contributed by atoms with Crippen LogP contribution < -0.4 is 11.3 Å². The molecule has 1 rings (SSSR count). The Kier molecular flexibility index (Phi) is 5.83. The van der Waals surface area contributed by atoms with E-state index in [1.54, 1.807) is 0 Å². The summed E-state index contributed by atoms with van der Waals surface area (Å²) in [5, 5.41) is 0. The maximum atomic E-state index is 5.73. The minimum absolute atomic E-state index is 0.366. The standard InChI is InChI=1S/C16H28N2/c1-6-7-12(3)16(18-17)10-15-13(4)8-11(2)9-14(15)5/h8-9,12,16,18H,6-7,10,17H2,1-5H3. The van der Waals surface area contributed by atoms with Gasteiger partial charge in [0.15, 0.2) is 0 Å². The van der Waals surface area contributed by atoms with Crippen LogP contribution in [0.4, 0.5) is 0 Å². The first kappa shape index (κ1) is 15.2. The summed E-state index contributed by atoms with van der Waals surface area (Å²) in [6, 6.07) is 4.89. The van der Waals surface area contributed by atoms with E-state index in [0.717, 1.165) is 6.42 Å². The predicted octanol–water partition coefficient (Wildman–Crippen LogP) is 3.42. The molecule has 2 heteroatoms. The molecule has 2 nitrogen and oxygen atoms in total. The molecular weight excluding hydrogens is 220 g/mol. The summed E-state index contributed by atoms with van der Waals surface area (Å²) in [5.74, 6) is 6.34. The van der Waals surface area contributed by atoms with Crippen LogP contribution in [0.1, 0.15) is 48.9 Å². The molecule has 0 aliphatic carbocycles. The third-order valence-corrected chi connectivity index (χ3v) is 3.91. The van der Waals surface area contributed by atoms with Crippen LogP contribution in [0.2, 0.25) is 0 Å². The van der Waals surface area contributed by atoms with Crippen molar-refractivity contribution < 1.29 is 0 Å². The quantitative estimate of drug-likeness (QED) is 0.598. The average molecular weight is 248 g/mol. The largest absolute Gasteiger partial charge is 0.271 e. The van der Waals surface area contributed by atoms with Crippen molar-refractivity contribution >= 4 is 0 Å². The zero-order chi connectivity index (χ0) is 13.7. The van der Waals surface area contributed by atoms with Crippen molar-refractivity contribution in [3.63, 3.8) is 0 Å². The zero-order valence-electron chi connectivity index (χ0n) is 12.5. The summed E-state index contributed by atoms with van der Waals surface area (Å²) < 4.78 is 0. The van der Waals surface area contributed by atoms with Crippen molar-refractivity contribution in [2.75, 3.05) is 0 Å². The van der Waals surface area contributed by atoms with Gasteiger partial charge in [-0.05, 0) is 56.2 Å². The van der Waals surface area contributed by atoms with Crippen LogP contribution >= 0.6 is 0 Å². The Bertz CT molecular complexity index is 362. The molecule has 18 heavy (non-hydrogen) atoms. The third kappa shape index (κ3) is 3.82. The number of benzene rings is 1. The van der Waals surface area contributed by atoms with E-state index in [-0.39, 0.29) is 0 Å². The molecule has 0 heterocycles. The Balaban J connectivity index is 2.88. The van der Waals surface area contributed by atoms with Gasteiger partial charge in [0.05, 0.1) is 0 Å². The highest BCUT2D eigenvalue weighted by Crippen LogP contribution is 2.21. The normalized spacial score (nSPS) is 14.6. The fourth-order valence-corrected chi connectivity index (χ4v) is 2.83. The highest BCUT2D eigenvalue weighted by atomic mass is 15.2. The van der Waals surface area contributed by atoms with Gasteiger partial charge in [0.25, 0.3) is 0 Å². The molecule has 0 aliphatic heterocycles. The molecule has 2 unspecified atom stereocenters. The van der Waals surface area contributed by atoms with Gasteiger partial charge in [0, 0.05) is 6.04 Å². The van der Waals surface area contributed by atoms with Crippen molar-refractivity contribution in [1.82, 2.24) is 5.43 Å². The second-order valence-electron chi connectivity index (χ2n) is 5.62. The minimum atomic E-state index is 0.366. The SMILES string of the molecule is CCCC(C)C(Cc1c(C)cc(C)cc1C)NN. The van der Waals surface area contributed by atoms with Gasteiger partial charge < -0.3 is 0 Å². The number of nitrogens with two attached hydrogens (primary N) is 1. The molecule has 0 spiro atoms. The van der Waals surface area contributed by atoms with Gasteiger partial charge in [0.1, 0.15) is 0 Å². The molecule has 2 atom stereocenters. The van der Waals surface area contributed by atoms with E-state index >= 15 is 0 Å². The molecule has 0 aliphatic rings. The molecule has 0 amide bonds. The van der Waals surface area contributed by atoms with E-state index in [4.69, 9.17) is 5.84 Å². The van der Waals surface area contributed by atoms with Crippen LogP contribution in [-0.2, 0) is 6.42 Å². The molecule has 3 N–H and O–H groups in total. The molecule has 102 valence electrons. The van der Waals surface area contributed by atoms with E-state index in [1.165, 1.54) is 35.1 Å². The Morgan fingerprint density at radius 1 is 1.17 bits per heavy atom. The highest BCUT2D eigenvalue weighted by Gasteiger charge is 2.17. The van der Waals surface area contributed by atoms with Crippen molar-refractivity contribution in [3.8, 4) is 0 Å². The van der Waals surface area contributed by atoms with Crippen molar-refractivity contribution in [3.05, 3.63) is 34.4 Å². The molecule has 0 radical (unpaired) electrons. The Labute approximate surface area is 112 Å². The molecule has 0 fully saturated rings. The summed E-state index contributed by atoms with van der Waals surface area (Å²) in [7, 11) is 0. The second kappa shape index (κ2) is 6.91. The Hall–Kier alpha value is -0.860. The number of hydrazine groups is 1. The number of hydrogen-bond donors (Lipinski definition) is 2. The highest BCUT2D eigenvalue weighted by molar-refractivity contribution is 5.38. The summed E-state index contributed by atoms with van der Waals surface area (Å²) in [6.07, 6.45) is 3.46. The fraction of sp³-hybridized carbons (Fsp3) is 0.625. The van der Waals surface area contributed by atoms with Crippen molar-refractivity contribution in [2.24, 2.45) is 11.8 Å². The molecular formula is C16H28N2. The third-order valence-electron chi connectivity index (χ3n) is 3.91. The fourth-order valence-electron chi connectivity index (χ4n) is 2.83. The van der Waals surface area contributed by atoms with Crippen LogP contribution in [0.25, 0.3) is 0 Å². The van der Waals surface area contributed by atoms with Gasteiger partial charge in [-0.1, -0.05) is 38.0 Å². The van der Waals surface area contributed by atoms with Crippen LogP contribution in [0, 0.1) is 26.7 Å². The van der Waals surface area contributed by atoms with Gasteiger partial charge in [0.2, 0.25) is 0 Å². The topological polar surface area (TPSA) is 38.0 Å². The molecule has 1 aromatic rings. The van der Waals surface area contributed by atoms with Crippen LogP contribution in [0.3, 0.4) is 0 Å². The van der Waals surface area contributed by atoms with Gasteiger partial charge in [-0.2, -0.15) is 0 Å². The molecule has 1 aromatic carbocycles. The summed E-state index contributed by atoms with van der Waals surface area (Å²) >= 11 is 0. The molecule has 0 saturated heterocycles. The first-order chi connectivity index (χ1) is 8.49. The number of rotatable bonds is 6. The Morgan fingerprint density at radius 3 is 2.17 bits per heavy atom. The lowest BCUT2D eigenvalue weighted by atomic mass is 9.88. The van der Waals surface area contributed by atoms with Gasteiger partial charge in [-0.15, -0.1) is 0 Å². The number of aryl methyl sites for hydroxylation is 3. The second-order valence-corrected chi connectivity index (χ2v) is 5.62. The van der Waals surface area contributed by atoms with Gasteiger partial charge in [-0.3, -0.25) is 11.3 Å². The molecule has 0 aromatic heterocycles. The van der Waals surface area contributed by atoms with E-state index < -0.39 is 0 Å². The van der Waals surface area contributed by atoms with E-state index in [9.17, 15) is 0 Å².